The molecule has 5 heteroatoms. The van der Waals surface area contributed by atoms with Crippen LogP contribution in [0.5, 0.6) is 0 Å². The van der Waals surface area contributed by atoms with Gasteiger partial charge in [0.05, 0.1) is 12.4 Å². The average Bonchev–Trinajstić information content (AvgIpc) is 2.81. The van der Waals surface area contributed by atoms with Gasteiger partial charge in [-0.1, -0.05) is 0 Å². The lowest BCUT2D eigenvalue weighted by molar-refractivity contribution is 0.164. The van der Waals surface area contributed by atoms with Crippen LogP contribution in [0.25, 0.3) is 0 Å². The van der Waals surface area contributed by atoms with E-state index < -0.39 is 9.84 Å². The van der Waals surface area contributed by atoms with Gasteiger partial charge in [0, 0.05) is 13.1 Å². The number of nitrogens with one attached hydrogen (secondary N) is 1. The lowest BCUT2D eigenvalue weighted by Crippen LogP contribution is -2.46. The number of sulfone groups is 1. The van der Waals surface area contributed by atoms with Gasteiger partial charge in [-0.25, -0.2) is 8.42 Å². The Hall–Kier alpha value is -0.130. The van der Waals surface area contributed by atoms with Crippen molar-refractivity contribution in [1.82, 2.24) is 5.32 Å². The maximum Gasteiger partial charge on any atom is 0.174 e. The molecule has 0 aromatic rings. The van der Waals surface area contributed by atoms with E-state index in [1.54, 1.807) is 0 Å². The van der Waals surface area contributed by atoms with Crippen molar-refractivity contribution in [3.05, 3.63) is 0 Å². The normalized spacial score (nSPS) is 23.4. The first-order chi connectivity index (χ1) is 6.66. The van der Waals surface area contributed by atoms with E-state index in [0.29, 0.717) is 18.4 Å². The summed E-state index contributed by atoms with van der Waals surface area (Å²) >= 11 is 0. The Bertz CT molecular complexity index is 280. The zero-order chi connectivity index (χ0) is 10.0. The van der Waals surface area contributed by atoms with Gasteiger partial charge in [-0.15, -0.1) is 0 Å². The second-order valence-electron chi connectivity index (χ2n) is 4.37. The lowest BCUT2D eigenvalue weighted by Gasteiger charge is -2.26. The maximum absolute atomic E-state index is 11.5. The van der Waals surface area contributed by atoms with Gasteiger partial charge in [-0.2, -0.15) is 0 Å². The third-order valence-electron chi connectivity index (χ3n) is 2.67. The van der Waals surface area contributed by atoms with Crippen LogP contribution in [-0.2, 0) is 14.6 Å². The van der Waals surface area contributed by atoms with Gasteiger partial charge in [-0.3, -0.25) is 0 Å². The molecule has 0 spiro atoms. The van der Waals surface area contributed by atoms with Gasteiger partial charge in [0.15, 0.2) is 9.84 Å². The zero-order valence-corrected chi connectivity index (χ0v) is 9.05. The Labute approximate surface area is 84.9 Å². The Morgan fingerprint density at radius 2 is 1.93 bits per heavy atom. The van der Waals surface area contributed by atoms with Gasteiger partial charge < -0.3 is 10.1 Å². The van der Waals surface area contributed by atoms with E-state index in [1.807, 2.05) is 0 Å². The first-order valence-corrected chi connectivity index (χ1v) is 6.97. The van der Waals surface area contributed by atoms with Crippen molar-refractivity contribution in [2.24, 2.45) is 11.8 Å². The van der Waals surface area contributed by atoms with Crippen molar-refractivity contribution in [1.29, 1.82) is 0 Å². The Morgan fingerprint density at radius 1 is 1.21 bits per heavy atom. The number of hydrogen-bond donors (Lipinski definition) is 1. The minimum Gasteiger partial charge on any atom is -0.365 e. The van der Waals surface area contributed by atoms with Gasteiger partial charge in [0.1, 0.15) is 5.94 Å². The number of rotatable bonds is 6. The van der Waals surface area contributed by atoms with Gasteiger partial charge >= 0.3 is 0 Å². The van der Waals surface area contributed by atoms with Gasteiger partial charge in [0.2, 0.25) is 0 Å². The molecule has 2 fully saturated rings. The van der Waals surface area contributed by atoms with Crippen LogP contribution >= 0.6 is 0 Å². The van der Waals surface area contributed by atoms with Crippen molar-refractivity contribution in [3.63, 3.8) is 0 Å². The van der Waals surface area contributed by atoms with Crippen LogP contribution in [0.3, 0.4) is 0 Å². The van der Waals surface area contributed by atoms with Crippen LogP contribution in [0.15, 0.2) is 0 Å². The van der Waals surface area contributed by atoms with E-state index in [4.69, 9.17) is 4.74 Å². The summed E-state index contributed by atoms with van der Waals surface area (Å²) in [5, 5.41) is 3.06. The molecule has 14 heavy (non-hydrogen) atoms. The molecule has 0 aromatic carbocycles. The molecule has 0 radical (unpaired) electrons. The Balaban J connectivity index is 1.65. The molecule has 1 saturated heterocycles. The predicted octanol–water partition coefficient (Wildman–Crippen LogP) is 0.00470. The summed E-state index contributed by atoms with van der Waals surface area (Å²) in [5.74, 6) is 1.14. The van der Waals surface area contributed by atoms with E-state index in [-0.39, 0.29) is 11.7 Å². The molecule has 0 bridgehead atoms. The summed E-state index contributed by atoms with van der Waals surface area (Å²) in [4.78, 5) is 0. The molecular formula is C9H17NO3S. The monoisotopic (exact) mass is 219 g/mol. The average molecular weight is 219 g/mol. The summed E-state index contributed by atoms with van der Waals surface area (Å²) in [6, 6.07) is 0. The minimum absolute atomic E-state index is 0.0833. The first kappa shape index (κ1) is 10.4. The lowest BCUT2D eigenvalue weighted by atomic mass is 10.1. The van der Waals surface area contributed by atoms with Crippen LogP contribution < -0.4 is 5.32 Å². The van der Waals surface area contributed by atoms with Crippen LogP contribution in [0.4, 0.5) is 0 Å². The molecule has 0 atom stereocenters. The quantitative estimate of drug-likeness (QED) is 0.683. The highest BCUT2D eigenvalue weighted by atomic mass is 32.2. The molecule has 0 aromatic heterocycles. The van der Waals surface area contributed by atoms with Gasteiger partial charge in [0.25, 0.3) is 0 Å². The molecule has 1 saturated carbocycles. The molecule has 0 amide bonds. The summed E-state index contributed by atoms with van der Waals surface area (Å²) in [5.41, 5.74) is 0. The molecule has 1 N–H and O–H groups in total. The maximum atomic E-state index is 11.5. The summed E-state index contributed by atoms with van der Waals surface area (Å²) in [6.07, 6.45) is 2.40. The molecule has 0 unspecified atom stereocenters. The second-order valence-corrected chi connectivity index (χ2v) is 6.42. The van der Waals surface area contributed by atoms with Crippen molar-refractivity contribution in [2.75, 3.05) is 31.4 Å². The summed E-state index contributed by atoms with van der Waals surface area (Å²) in [6.45, 7) is 2.30. The predicted molar refractivity (Wildman–Crippen MR) is 53.7 cm³/mol. The molecule has 1 aliphatic carbocycles. The van der Waals surface area contributed by atoms with Crippen molar-refractivity contribution in [3.8, 4) is 0 Å². The van der Waals surface area contributed by atoms with Crippen molar-refractivity contribution >= 4 is 9.84 Å². The molecule has 2 aliphatic rings. The molecule has 4 nitrogen and oxygen atoms in total. The topological polar surface area (TPSA) is 55.4 Å². The zero-order valence-electron chi connectivity index (χ0n) is 8.24. The number of hydrogen-bond acceptors (Lipinski definition) is 4. The fourth-order valence-corrected chi connectivity index (χ4v) is 2.90. The highest BCUT2D eigenvalue weighted by Gasteiger charge is 2.26. The van der Waals surface area contributed by atoms with E-state index in [1.165, 1.54) is 12.8 Å². The summed E-state index contributed by atoms with van der Waals surface area (Å²) < 4.78 is 28.1. The van der Waals surface area contributed by atoms with Crippen LogP contribution in [-0.4, -0.2) is 39.8 Å². The second kappa shape index (κ2) is 4.16. The first-order valence-electron chi connectivity index (χ1n) is 5.14. The van der Waals surface area contributed by atoms with Crippen LogP contribution in [0, 0.1) is 11.8 Å². The van der Waals surface area contributed by atoms with Crippen LogP contribution in [0.1, 0.15) is 12.8 Å². The smallest absolute Gasteiger partial charge is 0.174 e. The van der Waals surface area contributed by atoms with Gasteiger partial charge in [-0.05, 0) is 24.7 Å². The summed E-state index contributed by atoms with van der Waals surface area (Å²) in [7, 11) is -2.97. The Morgan fingerprint density at radius 3 is 2.43 bits per heavy atom. The van der Waals surface area contributed by atoms with E-state index in [0.717, 1.165) is 13.1 Å². The fourth-order valence-electron chi connectivity index (χ4n) is 1.50. The highest BCUT2D eigenvalue weighted by molar-refractivity contribution is 7.91. The Kier molecular flexibility index (Phi) is 3.09. The molecule has 1 aliphatic heterocycles. The largest absolute Gasteiger partial charge is 0.365 e. The minimum atomic E-state index is -2.97. The van der Waals surface area contributed by atoms with E-state index >= 15 is 0 Å². The van der Waals surface area contributed by atoms with Crippen molar-refractivity contribution < 1.29 is 13.2 Å². The molecule has 2 rings (SSSR count). The molecule has 1 heterocycles. The third-order valence-corrected chi connectivity index (χ3v) is 4.17. The van der Waals surface area contributed by atoms with Crippen LogP contribution in [0.2, 0.25) is 0 Å². The molecule has 82 valence electrons. The molecular weight excluding hydrogens is 202 g/mol. The third kappa shape index (κ3) is 3.22. The van der Waals surface area contributed by atoms with E-state index in [2.05, 4.69) is 5.32 Å². The fraction of sp³-hybridized carbons (Fsp3) is 1.00. The highest BCUT2D eigenvalue weighted by Crippen LogP contribution is 2.28. The van der Waals surface area contributed by atoms with E-state index in [9.17, 15) is 8.42 Å². The standard InChI is InChI=1S/C9H17NO3S/c11-14(12,6-9-3-10-4-9)7-13-5-8-1-2-8/h8-10H,1-7H2. The number of ether oxygens (including phenoxy) is 1. The SMILES string of the molecule is O=S(=O)(COCC1CC1)CC1CNC1. The van der Waals surface area contributed by atoms with Crippen molar-refractivity contribution in [2.45, 2.75) is 12.8 Å².